The molecule has 3 aliphatic rings. The number of nitrogens with one attached hydrogen (secondary N) is 1. The molecule has 3 fully saturated rings. The summed E-state index contributed by atoms with van der Waals surface area (Å²) >= 11 is 6.55. The van der Waals surface area contributed by atoms with Crippen molar-refractivity contribution in [2.75, 3.05) is 19.8 Å². The molecule has 1 unspecified atom stereocenters. The first-order valence-electron chi connectivity index (χ1n) is 14.2. The van der Waals surface area contributed by atoms with Crippen molar-refractivity contribution in [1.82, 2.24) is 15.2 Å². The number of pyridine rings is 1. The Hall–Kier alpha value is -2.82. The fourth-order valence-corrected chi connectivity index (χ4v) is 7.25. The molecule has 6 rings (SSSR count). The van der Waals surface area contributed by atoms with Crippen LogP contribution in [-0.2, 0) is 31.6 Å². The second-order valence-electron chi connectivity index (χ2n) is 11.1. The number of rotatable bonds is 11. The number of ether oxygens (including phenoxy) is 2. The minimum Gasteiger partial charge on any atom is -0.490 e. The summed E-state index contributed by atoms with van der Waals surface area (Å²) in [5.41, 5.74) is 3.13. The fraction of sp³-hybridized carbons (Fsp3) is 0.419. The number of carbonyl (C=O) groups is 1. The van der Waals surface area contributed by atoms with Gasteiger partial charge in [-0.3, -0.25) is 15.2 Å². The van der Waals surface area contributed by atoms with Crippen LogP contribution in [-0.4, -0.2) is 55.8 Å². The Kier molecular flexibility index (Phi) is 8.16. The van der Waals surface area contributed by atoms with Gasteiger partial charge in [-0.15, -0.1) is 0 Å². The Labute approximate surface area is 245 Å². The van der Waals surface area contributed by atoms with E-state index in [0.717, 1.165) is 54.4 Å². The number of carbonyl (C=O) groups excluding carboxylic acids is 1. The summed E-state index contributed by atoms with van der Waals surface area (Å²) in [6.07, 6.45) is 9.73. The molecule has 216 valence electrons. The first-order valence-corrected chi connectivity index (χ1v) is 16.1. The molecule has 1 aliphatic heterocycles. The topological polar surface area (TPSA) is 97.8 Å². The highest BCUT2D eigenvalue weighted by Crippen LogP contribution is 2.53. The number of aromatic nitrogens is 1. The molecule has 41 heavy (non-hydrogen) atoms. The van der Waals surface area contributed by atoms with Gasteiger partial charge in [0.25, 0.3) is 0 Å². The molecular weight excluding hydrogens is 562 g/mol. The van der Waals surface area contributed by atoms with Crippen LogP contribution in [0.5, 0.6) is 5.75 Å². The van der Waals surface area contributed by atoms with Crippen molar-refractivity contribution in [1.29, 1.82) is 0 Å². The Morgan fingerprint density at radius 2 is 1.93 bits per heavy atom. The van der Waals surface area contributed by atoms with Gasteiger partial charge < -0.3 is 14.3 Å². The van der Waals surface area contributed by atoms with Gasteiger partial charge in [0.2, 0.25) is 0 Å². The maximum absolute atomic E-state index is 13.6. The van der Waals surface area contributed by atoms with Gasteiger partial charge in [0.1, 0.15) is 17.4 Å². The zero-order valence-electron chi connectivity index (χ0n) is 22.8. The van der Waals surface area contributed by atoms with Crippen LogP contribution in [0.15, 0.2) is 65.8 Å². The van der Waals surface area contributed by atoms with Crippen LogP contribution in [0.25, 0.3) is 11.1 Å². The second-order valence-corrected chi connectivity index (χ2v) is 13.6. The van der Waals surface area contributed by atoms with Crippen molar-refractivity contribution >= 4 is 27.7 Å². The summed E-state index contributed by atoms with van der Waals surface area (Å²) in [6.45, 7) is 1.47. The number of hydrogen-bond acceptors (Lipinski definition) is 8. The molecule has 0 bridgehead atoms. The Morgan fingerprint density at radius 1 is 1.10 bits per heavy atom. The monoisotopic (exact) mass is 595 g/mol. The molecular formula is C31H34ClN3O5S. The van der Waals surface area contributed by atoms with Crippen LogP contribution in [0, 0.1) is 0 Å². The average molecular weight is 596 g/mol. The number of aldehydes is 1. The lowest BCUT2D eigenvalue weighted by atomic mass is 9.96. The minimum atomic E-state index is -3.67. The lowest BCUT2D eigenvalue weighted by Crippen LogP contribution is -2.41. The molecule has 1 aromatic heterocycles. The van der Waals surface area contributed by atoms with Crippen molar-refractivity contribution in [3.8, 4) is 16.9 Å². The highest BCUT2D eigenvalue weighted by molar-refractivity contribution is 7.92. The molecule has 8 nitrogen and oxygen atoms in total. The normalized spacial score (nSPS) is 20.8. The van der Waals surface area contributed by atoms with E-state index in [9.17, 15) is 13.2 Å². The Bertz CT molecular complexity index is 1520. The van der Waals surface area contributed by atoms with E-state index in [1.807, 2.05) is 35.4 Å². The number of halogens is 1. The third-order valence-electron chi connectivity index (χ3n) is 8.05. The summed E-state index contributed by atoms with van der Waals surface area (Å²) in [4.78, 5) is 17.4. The zero-order valence-corrected chi connectivity index (χ0v) is 24.4. The Balaban J connectivity index is 1.22. The predicted molar refractivity (Wildman–Crippen MR) is 156 cm³/mol. The highest BCUT2D eigenvalue weighted by Gasteiger charge is 2.48. The van der Waals surface area contributed by atoms with E-state index in [2.05, 4.69) is 16.4 Å². The summed E-state index contributed by atoms with van der Waals surface area (Å²) < 4.78 is 39.9. The molecule has 2 heterocycles. The maximum atomic E-state index is 13.6. The van der Waals surface area contributed by atoms with E-state index >= 15 is 0 Å². The Morgan fingerprint density at radius 3 is 2.71 bits per heavy atom. The van der Waals surface area contributed by atoms with Crippen molar-refractivity contribution in [2.45, 2.75) is 67.1 Å². The van der Waals surface area contributed by atoms with Crippen LogP contribution in [0.3, 0.4) is 0 Å². The molecule has 10 heteroatoms. The molecule has 1 N–H and O–H groups in total. The number of nitrogens with zero attached hydrogens (tertiary/aromatic N) is 2. The van der Waals surface area contributed by atoms with Gasteiger partial charge in [-0.2, -0.15) is 0 Å². The quantitative estimate of drug-likeness (QED) is 0.306. The van der Waals surface area contributed by atoms with Gasteiger partial charge in [0.15, 0.2) is 9.84 Å². The summed E-state index contributed by atoms with van der Waals surface area (Å²) in [6, 6.07) is 14.9. The van der Waals surface area contributed by atoms with Crippen molar-refractivity contribution < 1.29 is 22.7 Å². The molecule has 0 radical (unpaired) electrons. The SMILES string of the molecule is O=CCN1CCCC(S(=O)(=O)c2ccc(Cl)c(COC3(c4cnccc4-c4ccccc4OC4CC4)CC3)c2)NC1. The van der Waals surface area contributed by atoms with E-state index in [1.165, 1.54) is 0 Å². The summed E-state index contributed by atoms with van der Waals surface area (Å²) in [7, 11) is -3.67. The molecule has 0 spiro atoms. The van der Waals surface area contributed by atoms with Gasteiger partial charge in [-0.1, -0.05) is 29.8 Å². The second kappa shape index (κ2) is 11.8. The van der Waals surface area contributed by atoms with E-state index in [4.69, 9.17) is 21.1 Å². The van der Waals surface area contributed by atoms with E-state index in [0.29, 0.717) is 36.6 Å². The van der Waals surface area contributed by atoms with Crippen LogP contribution >= 0.6 is 11.6 Å². The number of benzene rings is 2. The maximum Gasteiger partial charge on any atom is 0.194 e. The molecule has 2 saturated carbocycles. The standard InChI is InChI=1S/C31H34ClN3O5S/c32-28-10-9-24(41(37,38)30-6-3-15-35(16-17-36)21-34-30)18-22(28)20-39-31(12-13-31)27-19-33-14-11-25(27)26-4-1-2-5-29(26)40-23-7-8-23/h1-2,4-5,9-11,14,17-19,23,30,34H,3,6-8,12-13,15-16,20-21H2. The number of hydrogen-bond donors (Lipinski definition) is 1. The first kappa shape index (κ1) is 28.3. The molecule has 2 aliphatic carbocycles. The lowest BCUT2D eigenvalue weighted by Gasteiger charge is -2.22. The van der Waals surface area contributed by atoms with Gasteiger partial charge in [0, 0.05) is 35.2 Å². The van der Waals surface area contributed by atoms with Gasteiger partial charge in [-0.05, 0) is 86.5 Å². The third-order valence-corrected chi connectivity index (χ3v) is 10.5. The fourth-order valence-electron chi connectivity index (χ4n) is 5.41. The molecule has 0 amide bonds. The van der Waals surface area contributed by atoms with Crippen LogP contribution in [0.4, 0.5) is 0 Å². The van der Waals surface area contributed by atoms with E-state index in [1.54, 1.807) is 24.4 Å². The van der Waals surface area contributed by atoms with Crippen LogP contribution in [0.2, 0.25) is 5.02 Å². The number of sulfone groups is 1. The predicted octanol–water partition coefficient (Wildman–Crippen LogP) is 5.09. The van der Waals surface area contributed by atoms with E-state index < -0.39 is 20.8 Å². The minimum absolute atomic E-state index is 0.169. The molecule has 2 aromatic carbocycles. The molecule has 3 aromatic rings. The smallest absolute Gasteiger partial charge is 0.194 e. The average Bonchev–Trinajstić information content (AvgIpc) is 3.90. The van der Waals surface area contributed by atoms with Crippen LogP contribution < -0.4 is 10.1 Å². The van der Waals surface area contributed by atoms with Crippen molar-refractivity contribution in [2.24, 2.45) is 0 Å². The molecule has 1 saturated heterocycles. The first-order chi connectivity index (χ1) is 19.9. The number of para-hydroxylation sites is 1. The summed E-state index contributed by atoms with van der Waals surface area (Å²) in [5, 5.41) is 2.84. The van der Waals surface area contributed by atoms with Gasteiger partial charge in [-0.25, -0.2) is 8.42 Å². The largest absolute Gasteiger partial charge is 0.490 e. The lowest BCUT2D eigenvalue weighted by molar-refractivity contribution is -0.108. The zero-order chi connectivity index (χ0) is 28.5. The van der Waals surface area contributed by atoms with Crippen molar-refractivity contribution in [3.05, 3.63) is 77.1 Å². The van der Waals surface area contributed by atoms with E-state index in [-0.39, 0.29) is 24.2 Å². The van der Waals surface area contributed by atoms with Crippen LogP contribution in [0.1, 0.15) is 49.7 Å². The van der Waals surface area contributed by atoms with Gasteiger partial charge >= 0.3 is 0 Å². The summed E-state index contributed by atoms with van der Waals surface area (Å²) in [5.74, 6) is 0.862. The molecule has 1 atom stereocenters. The highest BCUT2D eigenvalue weighted by atomic mass is 35.5. The van der Waals surface area contributed by atoms with Crippen molar-refractivity contribution in [3.63, 3.8) is 0 Å². The van der Waals surface area contributed by atoms with Gasteiger partial charge in [0.05, 0.1) is 29.8 Å². The third kappa shape index (κ3) is 6.20.